The largest absolute Gasteiger partial charge is 0.457 e. The zero-order valence-corrected chi connectivity index (χ0v) is 15.9. The van der Waals surface area contributed by atoms with Gasteiger partial charge in [0.1, 0.15) is 11.5 Å². The van der Waals surface area contributed by atoms with E-state index in [9.17, 15) is 8.42 Å². The van der Waals surface area contributed by atoms with Crippen molar-refractivity contribution in [2.45, 2.75) is 18.7 Å². The Bertz CT molecular complexity index is 1010. The van der Waals surface area contributed by atoms with E-state index in [1.54, 1.807) is 24.3 Å². The number of benzene rings is 3. The standard InChI is InChI=1S/C20H18ClNO3S/c1-14-3-8-19(13-15(14)2)25-18-9-6-17(7-10-18)22-26(23,24)20-11-4-16(21)5-12-20/h3-13,22H,1-2H3. The highest BCUT2D eigenvalue weighted by Crippen LogP contribution is 2.26. The number of hydrogen-bond donors (Lipinski definition) is 1. The first kappa shape index (κ1) is 18.3. The molecule has 0 amide bonds. The molecule has 0 atom stereocenters. The Labute approximate surface area is 158 Å². The molecule has 0 fully saturated rings. The summed E-state index contributed by atoms with van der Waals surface area (Å²) in [7, 11) is -3.66. The third-order valence-electron chi connectivity index (χ3n) is 3.94. The molecule has 0 aliphatic carbocycles. The van der Waals surface area contributed by atoms with Gasteiger partial charge in [-0.3, -0.25) is 4.72 Å². The summed E-state index contributed by atoms with van der Waals surface area (Å²) in [5, 5.41) is 0.483. The second-order valence-electron chi connectivity index (χ2n) is 5.93. The summed E-state index contributed by atoms with van der Waals surface area (Å²) in [6, 6.07) is 18.6. The van der Waals surface area contributed by atoms with Crippen LogP contribution in [0.25, 0.3) is 0 Å². The minimum absolute atomic E-state index is 0.150. The second kappa shape index (κ2) is 7.40. The molecule has 3 aromatic carbocycles. The first-order valence-electron chi connectivity index (χ1n) is 7.97. The van der Waals surface area contributed by atoms with Crippen molar-refractivity contribution in [3.63, 3.8) is 0 Å². The van der Waals surface area contributed by atoms with Crippen LogP contribution in [-0.2, 0) is 10.0 Å². The topological polar surface area (TPSA) is 55.4 Å². The maximum Gasteiger partial charge on any atom is 0.261 e. The lowest BCUT2D eigenvalue weighted by Gasteiger charge is -2.10. The maximum absolute atomic E-state index is 12.4. The van der Waals surface area contributed by atoms with E-state index >= 15 is 0 Å². The molecule has 4 nitrogen and oxygen atoms in total. The number of sulfonamides is 1. The van der Waals surface area contributed by atoms with Gasteiger partial charge in [0.05, 0.1) is 4.90 Å². The molecule has 0 radical (unpaired) electrons. The fourth-order valence-corrected chi connectivity index (χ4v) is 3.52. The lowest BCUT2D eigenvalue weighted by molar-refractivity contribution is 0.482. The number of ether oxygens (including phenoxy) is 1. The molecule has 134 valence electrons. The predicted molar refractivity (Wildman–Crippen MR) is 105 cm³/mol. The van der Waals surface area contributed by atoms with Crippen molar-refractivity contribution < 1.29 is 13.2 Å². The van der Waals surface area contributed by atoms with Gasteiger partial charge in [-0.1, -0.05) is 17.7 Å². The quantitative estimate of drug-likeness (QED) is 0.624. The Kier molecular flexibility index (Phi) is 5.20. The highest BCUT2D eigenvalue weighted by Gasteiger charge is 2.14. The molecule has 0 aromatic heterocycles. The summed E-state index contributed by atoms with van der Waals surface area (Å²) < 4.78 is 33.1. The van der Waals surface area contributed by atoms with Crippen LogP contribution in [0.3, 0.4) is 0 Å². The van der Waals surface area contributed by atoms with Gasteiger partial charge in [-0.15, -0.1) is 0 Å². The number of hydrogen-bond acceptors (Lipinski definition) is 3. The lowest BCUT2D eigenvalue weighted by Crippen LogP contribution is -2.12. The van der Waals surface area contributed by atoms with E-state index in [4.69, 9.17) is 16.3 Å². The molecule has 0 saturated heterocycles. The van der Waals surface area contributed by atoms with Gasteiger partial charge < -0.3 is 4.74 Å². The molecular formula is C20H18ClNO3S. The first-order valence-corrected chi connectivity index (χ1v) is 9.83. The van der Waals surface area contributed by atoms with Crippen LogP contribution in [0.4, 0.5) is 5.69 Å². The van der Waals surface area contributed by atoms with Crippen LogP contribution in [0.1, 0.15) is 11.1 Å². The van der Waals surface area contributed by atoms with Crippen molar-refractivity contribution in [3.8, 4) is 11.5 Å². The van der Waals surface area contributed by atoms with E-state index in [0.29, 0.717) is 16.5 Å². The summed E-state index contributed by atoms with van der Waals surface area (Å²) in [5.41, 5.74) is 2.80. The van der Waals surface area contributed by atoms with Gasteiger partial charge >= 0.3 is 0 Å². The highest BCUT2D eigenvalue weighted by molar-refractivity contribution is 7.92. The number of halogens is 1. The first-order chi connectivity index (χ1) is 12.3. The Morgan fingerprint density at radius 1 is 0.808 bits per heavy atom. The molecule has 0 spiro atoms. The molecule has 0 aliphatic rings. The molecule has 0 aliphatic heterocycles. The van der Waals surface area contributed by atoms with E-state index in [1.165, 1.54) is 29.8 Å². The summed E-state index contributed by atoms with van der Waals surface area (Å²) >= 11 is 5.80. The number of rotatable bonds is 5. The Morgan fingerprint density at radius 3 is 2.04 bits per heavy atom. The number of anilines is 1. The highest BCUT2D eigenvalue weighted by atomic mass is 35.5. The lowest BCUT2D eigenvalue weighted by atomic mass is 10.1. The summed E-state index contributed by atoms with van der Waals surface area (Å²) in [6.45, 7) is 4.07. The summed E-state index contributed by atoms with van der Waals surface area (Å²) in [4.78, 5) is 0.150. The zero-order chi connectivity index (χ0) is 18.7. The van der Waals surface area contributed by atoms with E-state index in [1.807, 2.05) is 32.0 Å². The van der Waals surface area contributed by atoms with Crippen molar-refractivity contribution in [2.75, 3.05) is 4.72 Å². The molecule has 3 aromatic rings. The van der Waals surface area contributed by atoms with Crippen LogP contribution in [0.5, 0.6) is 11.5 Å². The van der Waals surface area contributed by atoms with Gasteiger partial charge in [0.25, 0.3) is 10.0 Å². The Balaban J connectivity index is 1.73. The molecule has 0 unspecified atom stereocenters. The predicted octanol–water partition coefficient (Wildman–Crippen LogP) is 5.55. The molecule has 1 N–H and O–H groups in total. The SMILES string of the molecule is Cc1ccc(Oc2ccc(NS(=O)(=O)c3ccc(Cl)cc3)cc2)cc1C. The average molecular weight is 388 g/mol. The molecular weight excluding hydrogens is 370 g/mol. The third kappa shape index (κ3) is 4.36. The fourth-order valence-electron chi connectivity index (χ4n) is 2.33. The Hall–Kier alpha value is -2.50. The molecule has 3 rings (SSSR count). The summed E-state index contributed by atoms with van der Waals surface area (Å²) in [6.07, 6.45) is 0. The minimum Gasteiger partial charge on any atom is -0.457 e. The van der Waals surface area contributed by atoms with Gasteiger partial charge in [0, 0.05) is 10.7 Å². The molecule has 26 heavy (non-hydrogen) atoms. The molecule has 0 saturated carbocycles. The van der Waals surface area contributed by atoms with Crippen molar-refractivity contribution in [2.24, 2.45) is 0 Å². The average Bonchev–Trinajstić information content (AvgIpc) is 2.60. The minimum atomic E-state index is -3.66. The van der Waals surface area contributed by atoms with E-state index in [2.05, 4.69) is 4.72 Å². The van der Waals surface area contributed by atoms with Crippen LogP contribution in [-0.4, -0.2) is 8.42 Å². The van der Waals surface area contributed by atoms with Crippen molar-refractivity contribution in [1.82, 2.24) is 0 Å². The zero-order valence-electron chi connectivity index (χ0n) is 14.4. The fraction of sp³-hybridized carbons (Fsp3) is 0.100. The third-order valence-corrected chi connectivity index (χ3v) is 5.59. The van der Waals surface area contributed by atoms with Crippen molar-refractivity contribution in [1.29, 1.82) is 0 Å². The second-order valence-corrected chi connectivity index (χ2v) is 8.05. The van der Waals surface area contributed by atoms with E-state index < -0.39 is 10.0 Å². The number of aryl methyl sites for hydroxylation is 2. The van der Waals surface area contributed by atoms with Crippen LogP contribution in [0.15, 0.2) is 71.6 Å². The van der Waals surface area contributed by atoms with Crippen LogP contribution in [0, 0.1) is 13.8 Å². The van der Waals surface area contributed by atoms with Crippen LogP contribution >= 0.6 is 11.6 Å². The Morgan fingerprint density at radius 2 is 1.42 bits per heavy atom. The van der Waals surface area contributed by atoms with E-state index in [0.717, 1.165) is 11.3 Å². The smallest absolute Gasteiger partial charge is 0.261 e. The van der Waals surface area contributed by atoms with Gasteiger partial charge in [-0.25, -0.2) is 8.42 Å². The van der Waals surface area contributed by atoms with Gasteiger partial charge in [0.15, 0.2) is 0 Å². The van der Waals surface area contributed by atoms with Crippen LogP contribution in [0.2, 0.25) is 5.02 Å². The molecule has 0 bridgehead atoms. The van der Waals surface area contributed by atoms with Crippen LogP contribution < -0.4 is 9.46 Å². The van der Waals surface area contributed by atoms with E-state index in [-0.39, 0.29) is 4.90 Å². The summed E-state index contributed by atoms with van der Waals surface area (Å²) in [5.74, 6) is 1.37. The monoisotopic (exact) mass is 387 g/mol. The normalized spacial score (nSPS) is 11.2. The number of nitrogens with one attached hydrogen (secondary N) is 1. The molecule has 6 heteroatoms. The maximum atomic E-state index is 12.4. The van der Waals surface area contributed by atoms with Crippen molar-refractivity contribution in [3.05, 3.63) is 82.9 Å². The van der Waals surface area contributed by atoms with Gasteiger partial charge in [0.2, 0.25) is 0 Å². The molecule has 0 heterocycles. The van der Waals surface area contributed by atoms with Gasteiger partial charge in [-0.05, 0) is 85.6 Å². The van der Waals surface area contributed by atoms with Crippen molar-refractivity contribution >= 4 is 27.3 Å². The van der Waals surface area contributed by atoms with Gasteiger partial charge in [-0.2, -0.15) is 0 Å².